The number of aliphatic hydroxyl groups excluding tert-OH is 5. The van der Waals surface area contributed by atoms with Crippen molar-refractivity contribution in [2.45, 2.75) is 50.2 Å². The van der Waals surface area contributed by atoms with E-state index in [-0.39, 0.29) is 17.9 Å². The summed E-state index contributed by atoms with van der Waals surface area (Å²) in [5.74, 6) is -1.24. The van der Waals surface area contributed by atoms with Crippen molar-refractivity contribution in [3.8, 4) is 11.5 Å². The molecule has 1 aromatic rings. The van der Waals surface area contributed by atoms with Crippen molar-refractivity contribution in [2.75, 3.05) is 6.61 Å². The third-order valence-corrected chi connectivity index (χ3v) is 3.63. The van der Waals surface area contributed by atoms with Crippen LogP contribution in [0, 0.1) is 0 Å². The SMILES string of the molecule is CCC(O)C(=O)O.OC[C@H]1O[C@@H](Oc2ccccc2O)[C@H](O)[C@@H](O)[C@@H]1O. The van der Waals surface area contributed by atoms with E-state index < -0.39 is 49.4 Å². The van der Waals surface area contributed by atoms with Crippen LogP contribution in [0.15, 0.2) is 24.3 Å². The topological polar surface area (TPSA) is 177 Å². The highest BCUT2D eigenvalue weighted by Crippen LogP contribution is 2.29. The predicted octanol–water partition coefficient (Wildman–Crippen LogP) is -1.59. The van der Waals surface area contributed by atoms with Gasteiger partial charge in [0.15, 0.2) is 17.6 Å². The van der Waals surface area contributed by atoms with Gasteiger partial charge in [-0.25, -0.2) is 4.79 Å². The molecule has 10 heteroatoms. The van der Waals surface area contributed by atoms with Crippen LogP contribution < -0.4 is 4.74 Å². The highest BCUT2D eigenvalue weighted by molar-refractivity contribution is 5.71. The van der Waals surface area contributed by atoms with Gasteiger partial charge in [0.2, 0.25) is 6.29 Å². The molecular formula is C16H24O10. The Kier molecular flexibility index (Phi) is 8.72. The molecule has 26 heavy (non-hydrogen) atoms. The fourth-order valence-electron chi connectivity index (χ4n) is 2.02. The van der Waals surface area contributed by atoms with Crippen molar-refractivity contribution < 1.29 is 50.0 Å². The van der Waals surface area contributed by atoms with Crippen LogP contribution in [0.2, 0.25) is 0 Å². The summed E-state index contributed by atoms with van der Waals surface area (Å²) in [4.78, 5) is 9.68. The van der Waals surface area contributed by atoms with Gasteiger partial charge in [0.05, 0.1) is 6.61 Å². The molecule has 1 heterocycles. The molecule has 10 nitrogen and oxygen atoms in total. The van der Waals surface area contributed by atoms with Gasteiger partial charge < -0.3 is 45.2 Å². The number of carboxylic acids is 1. The molecule has 0 saturated carbocycles. The van der Waals surface area contributed by atoms with Crippen LogP contribution in [0.5, 0.6) is 11.5 Å². The first kappa shape index (κ1) is 22.1. The van der Waals surface area contributed by atoms with Gasteiger partial charge in [0, 0.05) is 0 Å². The molecule has 148 valence electrons. The predicted molar refractivity (Wildman–Crippen MR) is 86.4 cm³/mol. The van der Waals surface area contributed by atoms with E-state index in [0.717, 1.165) is 0 Å². The van der Waals surface area contributed by atoms with Gasteiger partial charge in [-0.1, -0.05) is 19.1 Å². The number of hydrogen-bond acceptors (Lipinski definition) is 9. The summed E-state index contributed by atoms with van der Waals surface area (Å²) in [5, 5.41) is 63.8. The van der Waals surface area contributed by atoms with Gasteiger partial charge in [0.1, 0.15) is 24.4 Å². The fraction of sp³-hybridized carbons (Fsp3) is 0.562. The molecule has 1 aliphatic heterocycles. The molecule has 2 rings (SSSR count). The van der Waals surface area contributed by atoms with Crippen molar-refractivity contribution in [3.05, 3.63) is 24.3 Å². The number of para-hydroxylation sites is 2. The second-order valence-electron chi connectivity index (χ2n) is 5.55. The summed E-state index contributed by atoms with van der Waals surface area (Å²) >= 11 is 0. The highest BCUT2D eigenvalue weighted by atomic mass is 16.7. The summed E-state index contributed by atoms with van der Waals surface area (Å²) in [6.07, 6.45) is -7.71. The third kappa shape index (κ3) is 5.80. The van der Waals surface area contributed by atoms with E-state index in [0.29, 0.717) is 0 Å². The number of phenolic OH excluding ortho intramolecular Hbond substituents is 1. The van der Waals surface area contributed by atoms with Gasteiger partial charge in [0.25, 0.3) is 0 Å². The zero-order chi connectivity index (χ0) is 19.9. The van der Waals surface area contributed by atoms with Gasteiger partial charge in [-0.3, -0.25) is 0 Å². The normalized spacial score (nSPS) is 29.2. The monoisotopic (exact) mass is 376 g/mol. The first-order chi connectivity index (χ1) is 12.2. The van der Waals surface area contributed by atoms with Crippen molar-refractivity contribution in [3.63, 3.8) is 0 Å². The lowest BCUT2D eigenvalue weighted by Crippen LogP contribution is -2.60. The van der Waals surface area contributed by atoms with Gasteiger partial charge in [-0.15, -0.1) is 0 Å². The lowest BCUT2D eigenvalue weighted by atomic mass is 9.99. The minimum Gasteiger partial charge on any atom is -0.504 e. The number of carbonyl (C=O) groups is 1. The smallest absolute Gasteiger partial charge is 0.332 e. The zero-order valence-electron chi connectivity index (χ0n) is 14.0. The quantitative estimate of drug-likeness (QED) is 0.317. The molecule has 1 unspecified atom stereocenters. The molecule has 6 atom stereocenters. The average Bonchev–Trinajstić information content (AvgIpc) is 2.63. The number of ether oxygens (including phenoxy) is 2. The number of hydrogen-bond donors (Lipinski definition) is 7. The van der Waals surface area contributed by atoms with Crippen LogP contribution >= 0.6 is 0 Å². The minimum absolute atomic E-state index is 0.0619. The van der Waals surface area contributed by atoms with Gasteiger partial charge in [-0.2, -0.15) is 0 Å². The van der Waals surface area contributed by atoms with Crippen LogP contribution in [-0.4, -0.2) is 85.1 Å². The van der Waals surface area contributed by atoms with E-state index in [1.807, 2.05) is 0 Å². The number of rotatable bonds is 5. The number of benzene rings is 1. The summed E-state index contributed by atoms with van der Waals surface area (Å²) in [7, 11) is 0. The van der Waals surface area contributed by atoms with E-state index in [1.54, 1.807) is 19.1 Å². The second kappa shape index (κ2) is 10.3. The largest absolute Gasteiger partial charge is 0.504 e. The van der Waals surface area contributed by atoms with Crippen molar-refractivity contribution in [1.29, 1.82) is 0 Å². The standard InChI is InChI=1S/C12H16O7.C4H8O3/c13-5-8-9(15)10(16)11(17)12(19-8)18-7-4-2-1-3-6(7)14;1-2-3(5)4(6)7/h1-4,8-17H,5H2;3,5H,2H2,1H3,(H,6,7)/t8-,9-,10+,11-,12-;/m1./s1. The molecule has 0 spiro atoms. The van der Waals surface area contributed by atoms with Crippen LogP contribution in [-0.2, 0) is 9.53 Å². The first-order valence-corrected chi connectivity index (χ1v) is 7.88. The molecule has 0 aromatic heterocycles. The van der Waals surface area contributed by atoms with Crippen LogP contribution in [0.1, 0.15) is 13.3 Å². The van der Waals surface area contributed by atoms with E-state index in [9.17, 15) is 25.2 Å². The highest BCUT2D eigenvalue weighted by Gasteiger charge is 2.44. The molecule has 0 aliphatic carbocycles. The molecule has 1 aliphatic rings. The second-order valence-corrected chi connectivity index (χ2v) is 5.55. The Hall–Kier alpha value is -1.95. The molecule has 1 saturated heterocycles. The number of aliphatic carboxylic acids is 1. The Morgan fingerprint density at radius 2 is 1.81 bits per heavy atom. The summed E-state index contributed by atoms with van der Waals surface area (Å²) in [5.41, 5.74) is 0. The summed E-state index contributed by atoms with van der Waals surface area (Å²) in [6, 6.07) is 6.05. The summed E-state index contributed by atoms with van der Waals surface area (Å²) in [6.45, 7) is 1.07. The molecular weight excluding hydrogens is 352 g/mol. The number of carboxylic acid groups (broad SMARTS) is 1. The van der Waals surface area contributed by atoms with Crippen molar-refractivity contribution in [1.82, 2.24) is 0 Å². The molecule has 0 amide bonds. The first-order valence-electron chi connectivity index (χ1n) is 7.88. The fourth-order valence-corrected chi connectivity index (χ4v) is 2.02. The van der Waals surface area contributed by atoms with E-state index >= 15 is 0 Å². The third-order valence-electron chi connectivity index (χ3n) is 3.63. The van der Waals surface area contributed by atoms with Crippen molar-refractivity contribution >= 4 is 5.97 Å². The lowest BCUT2D eigenvalue weighted by Gasteiger charge is -2.39. The maximum atomic E-state index is 9.75. The van der Waals surface area contributed by atoms with Gasteiger partial charge >= 0.3 is 5.97 Å². The molecule has 0 bridgehead atoms. The minimum atomic E-state index is -1.51. The molecule has 7 N–H and O–H groups in total. The lowest BCUT2D eigenvalue weighted by molar-refractivity contribution is -0.277. The van der Waals surface area contributed by atoms with Gasteiger partial charge in [-0.05, 0) is 18.6 Å². The van der Waals surface area contributed by atoms with E-state index in [1.165, 1.54) is 12.1 Å². The molecule has 1 fully saturated rings. The van der Waals surface area contributed by atoms with E-state index in [4.69, 9.17) is 24.8 Å². The average molecular weight is 376 g/mol. The maximum absolute atomic E-state index is 9.75. The molecule has 1 aromatic carbocycles. The number of phenols is 1. The zero-order valence-corrected chi connectivity index (χ0v) is 14.0. The van der Waals surface area contributed by atoms with Crippen LogP contribution in [0.25, 0.3) is 0 Å². The molecule has 0 radical (unpaired) electrons. The van der Waals surface area contributed by atoms with Crippen LogP contribution in [0.3, 0.4) is 0 Å². The van der Waals surface area contributed by atoms with Crippen LogP contribution in [0.4, 0.5) is 0 Å². The Bertz CT molecular complexity index is 564. The Labute approximate surface area is 149 Å². The van der Waals surface area contributed by atoms with E-state index in [2.05, 4.69) is 0 Å². The maximum Gasteiger partial charge on any atom is 0.332 e. The Morgan fingerprint density at radius 3 is 2.27 bits per heavy atom. The number of aromatic hydroxyl groups is 1. The Morgan fingerprint density at radius 1 is 1.19 bits per heavy atom. The summed E-state index contributed by atoms with van der Waals surface area (Å²) < 4.78 is 10.4. The van der Waals surface area contributed by atoms with Crippen molar-refractivity contribution in [2.24, 2.45) is 0 Å². The Balaban J connectivity index is 0.000000412. The number of aliphatic hydroxyl groups is 5.